The van der Waals surface area contributed by atoms with E-state index in [-0.39, 0.29) is 11.7 Å². The average molecular weight is 425 g/mol. The monoisotopic (exact) mass is 424 g/mol. The minimum Gasteiger partial charge on any atom is -0.310 e. The number of nitrogens with one attached hydrogen (secondary N) is 1. The van der Waals surface area contributed by atoms with Crippen LogP contribution in [0.4, 0.5) is 5.82 Å². The van der Waals surface area contributed by atoms with Crippen molar-refractivity contribution < 1.29 is 4.79 Å². The largest absolute Gasteiger partial charge is 0.310 e. The van der Waals surface area contributed by atoms with E-state index in [1.807, 2.05) is 59.2 Å². The molecule has 2 heterocycles. The van der Waals surface area contributed by atoms with E-state index in [1.54, 1.807) is 23.3 Å². The van der Waals surface area contributed by atoms with Crippen molar-refractivity contribution in [3.63, 3.8) is 0 Å². The topological polar surface area (TPSA) is 77.6 Å². The van der Waals surface area contributed by atoms with Crippen LogP contribution in [0.15, 0.2) is 78.3 Å². The zero-order valence-electron chi connectivity index (χ0n) is 15.3. The quantitative estimate of drug-likeness (QED) is 0.455. The highest BCUT2D eigenvalue weighted by atomic mass is 35.5. The molecule has 0 aliphatic heterocycles. The highest BCUT2D eigenvalue weighted by Gasteiger charge is 2.12. The molecule has 146 valence electrons. The van der Waals surface area contributed by atoms with Gasteiger partial charge in [0.2, 0.25) is 5.91 Å². The Morgan fingerprint density at radius 3 is 2.69 bits per heavy atom. The van der Waals surface area contributed by atoms with Crippen LogP contribution in [0.25, 0.3) is 5.69 Å². The van der Waals surface area contributed by atoms with Crippen molar-refractivity contribution in [3.05, 3.63) is 83.8 Å². The summed E-state index contributed by atoms with van der Waals surface area (Å²) in [5.41, 5.74) is 1.87. The average Bonchev–Trinajstić information content (AvgIpc) is 3.38. The van der Waals surface area contributed by atoms with Gasteiger partial charge in [-0.1, -0.05) is 59.8 Å². The predicted molar refractivity (Wildman–Crippen MR) is 113 cm³/mol. The lowest BCUT2D eigenvalue weighted by Gasteiger charge is -2.10. The van der Waals surface area contributed by atoms with Crippen LogP contribution >= 0.6 is 23.4 Å². The molecule has 0 fully saturated rings. The second-order valence-electron chi connectivity index (χ2n) is 6.12. The van der Waals surface area contributed by atoms with Crippen LogP contribution in [0.3, 0.4) is 0 Å². The van der Waals surface area contributed by atoms with E-state index in [4.69, 9.17) is 11.6 Å². The fourth-order valence-electron chi connectivity index (χ4n) is 2.75. The molecule has 2 aromatic heterocycles. The predicted octanol–water partition coefficient (Wildman–Crippen LogP) is 3.90. The van der Waals surface area contributed by atoms with Gasteiger partial charge in [0, 0.05) is 16.8 Å². The van der Waals surface area contributed by atoms with Gasteiger partial charge in [-0.05, 0) is 23.8 Å². The van der Waals surface area contributed by atoms with Crippen LogP contribution in [-0.4, -0.2) is 36.2 Å². The molecule has 4 aromatic rings. The minimum atomic E-state index is -0.154. The molecule has 29 heavy (non-hydrogen) atoms. The Bertz CT molecular complexity index is 1110. The number of aromatic nitrogens is 5. The molecule has 0 aliphatic rings. The molecule has 0 radical (unpaired) electrons. The molecule has 0 spiro atoms. The van der Waals surface area contributed by atoms with Crippen molar-refractivity contribution in [2.45, 2.75) is 11.7 Å². The molecule has 0 aliphatic carbocycles. The van der Waals surface area contributed by atoms with E-state index in [1.165, 1.54) is 11.8 Å². The Morgan fingerprint density at radius 1 is 1.07 bits per heavy atom. The Morgan fingerprint density at radius 2 is 1.86 bits per heavy atom. The van der Waals surface area contributed by atoms with Crippen molar-refractivity contribution >= 4 is 35.1 Å². The summed E-state index contributed by atoms with van der Waals surface area (Å²) in [6.07, 6.45) is 3.28. The first-order chi connectivity index (χ1) is 14.2. The fourth-order valence-corrected chi connectivity index (χ4v) is 3.67. The van der Waals surface area contributed by atoms with E-state index in [2.05, 4.69) is 20.6 Å². The summed E-state index contributed by atoms with van der Waals surface area (Å²) in [6.45, 7) is 0.470. The summed E-state index contributed by atoms with van der Waals surface area (Å²) in [5, 5.41) is 16.5. The Kier molecular flexibility index (Phi) is 5.92. The van der Waals surface area contributed by atoms with E-state index < -0.39 is 0 Å². The molecule has 1 N–H and O–H groups in total. The Balaban J connectivity index is 1.39. The van der Waals surface area contributed by atoms with Gasteiger partial charge in [0.1, 0.15) is 12.1 Å². The third-order valence-electron chi connectivity index (χ3n) is 4.15. The van der Waals surface area contributed by atoms with Crippen molar-refractivity contribution in [2.24, 2.45) is 0 Å². The van der Waals surface area contributed by atoms with E-state index in [9.17, 15) is 4.79 Å². The minimum absolute atomic E-state index is 0.154. The van der Waals surface area contributed by atoms with Crippen LogP contribution in [-0.2, 0) is 11.3 Å². The molecular formula is C20H17ClN6OS. The van der Waals surface area contributed by atoms with Gasteiger partial charge in [0.05, 0.1) is 18.5 Å². The Labute approximate surface area is 176 Å². The highest BCUT2D eigenvalue weighted by Crippen LogP contribution is 2.21. The number of nitrogens with zero attached hydrogens (tertiary/aromatic N) is 5. The van der Waals surface area contributed by atoms with Crippen molar-refractivity contribution in [2.75, 3.05) is 11.1 Å². The number of benzene rings is 2. The van der Waals surface area contributed by atoms with E-state index >= 15 is 0 Å². The molecule has 1 amide bonds. The van der Waals surface area contributed by atoms with Crippen LogP contribution < -0.4 is 5.32 Å². The molecule has 0 atom stereocenters. The van der Waals surface area contributed by atoms with Crippen molar-refractivity contribution in [1.82, 2.24) is 24.5 Å². The smallest absolute Gasteiger partial charge is 0.235 e. The fraction of sp³-hybridized carbons (Fsp3) is 0.100. The lowest BCUT2D eigenvalue weighted by molar-refractivity contribution is -0.113. The second kappa shape index (κ2) is 8.93. The summed E-state index contributed by atoms with van der Waals surface area (Å²) < 4.78 is 3.55. The van der Waals surface area contributed by atoms with Crippen molar-refractivity contribution in [3.8, 4) is 5.69 Å². The number of amides is 1. The number of thioether (sulfide) groups is 1. The normalized spacial score (nSPS) is 10.8. The summed E-state index contributed by atoms with van der Waals surface area (Å²) in [5.74, 6) is 0.654. The SMILES string of the molecule is O=C(CSc1nncn1-c1ccccc1)Nc1ccnn1Cc1ccccc1Cl. The third-order valence-corrected chi connectivity index (χ3v) is 5.46. The van der Waals surface area contributed by atoms with E-state index in [0.717, 1.165) is 11.3 Å². The molecule has 4 rings (SSSR count). The molecular weight excluding hydrogens is 408 g/mol. The summed E-state index contributed by atoms with van der Waals surface area (Å²) in [7, 11) is 0. The first-order valence-electron chi connectivity index (χ1n) is 8.84. The van der Waals surface area contributed by atoms with E-state index in [0.29, 0.717) is 22.5 Å². The maximum absolute atomic E-state index is 12.5. The number of halogens is 1. The first-order valence-corrected chi connectivity index (χ1v) is 10.2. The number of hydrogen-bond donors (Lipinski definition) is 1. The van der Waals surface area contributed by atoms with Crippen molar-refractivity contribution in [1.29, 1.82) is 0 Å². The summed E-state index contributed by atoms with van der Waals surface area (Å²) in [6, 6.07) is 19.1. The Hall–Kier alpha value is -3.10. The lowest BCUT2D eigenvalue weighted by Crippen LogP contribution is -2.18. The number of carbonyl (C=O) groups is 1. The molecule has 2 aromatic carbocycles. The zero-order chi connectivity index (χ0) is 20.1. The van der Waals surface area contributed by atoms with Crippen LogP contribution in [0.5, 0.6) is 0 Å². The third kappa shape index (κ3) is 4.67. The molecule has 0 bridgehead atoms. The lowest BCUT2D eigenvalue weighted by atomic mass is 10.2. The summed E-state index contributed by atoms with van der Waals surface area (Å²) >= 11 is 7.54. The number of hydrogen-bond acceptors (Lipinski definition) is 5. The van der Waals surface area contributed by atoms with Gasteiger partial charge in [-0.25, -0.2) is 4.68 Å². The van der Waals surface area contributed by atoms with Crippen LogP contribution in [0.2, 0.25) is 5.02 Å². The molecule has 0 unspecified atom stereocenters. The van der Waals surface area contributed by atoms with Crippen LogP contribution in [0.1, 0.15) is 5.56 Å². The molecule has 9 heteroatoms. The van der Waals surface area contributed by atoms with Gasteiger partial charge in [-0.3, -0.25) is 9.36 Å². The maximum atomic E-state index is 12.5. The maximum Gasteiger partial charge on any atom is 0.235 e. The number of carbonyl (C=O) groups excluding carboxylic acids is 1. The zero-order valence-corrected chi connectivity index (χ0v) is 16.8. The molecule has 0 saturated carbocycles. The highest BCUT2D eigenvalue weighted by molar-refractivity contribution is 7.99. The van der Waals surface area contributed by atoms with Gasteiger partial charge < -0.3 is 5.32 Å². The standard InChI is InChI=1S/C20H17ClN6OS/c21-17-9-5-4-6-15(17)12-27-18(10-11-23-27)24-19(28)13-29-20-25-22-14-26(20)16-7-2-1-3-8-16/h1-11,14H,12-13H2,(H,24,28). The number of para-hydroxylation sites is 1. The first kappa shape index (κ1) is 19.2. The molecule has 0 saturated heterocycles. The van der Waals surface area contributed by atoms with Gasteiger partial charge in [-0.15, -0.1) is 10.2 Å². The van der Waals surface area contributed by atoms with Gasteiger partial charge in [0.25, 0.3) is 0 Å². The van der Waals surface area contributed by atoms with Crippen LogP contribution in [0, 0.1) is 0 Å². The van der Waals surface area contributed by atoms with Gasteiger partial charge in [-0.2, -0.15) is 5.10 Å². The number of anilines is 1. The van der Waals surface area contributed by atoms with Gasteiger partial charge >= 0.3 is 0 Å². The number of rotatable bonds is 7. The molecule has 7 nitrogen and oxygen atoms in total. The summed E-state index contributed by atoms with van der Waals surface area (Å²) in [4.78, 5) is 12.5. The second-order valence-corrected chi connectivity index (χ2v) is 7.47. The van der Waals surface area contributed by atoms with Gasteiger partial charge in [0.15, 0.2) is 5.16 Å².